The molecule has 2 N–H and O–H groups in total. The van der Waals surface area contributed by atoms with Gasteiger partial charge in [0.05, 0.1) is 5.02 Å². The Hall–Kier alpha value is -0.820. The molecule has 1 aromatic rings. The summed E-state index contributed by atoms with van der Waals surface area (Å²) in [6, 6.07) is 2.51. The number of halogens is 4. The molecule has 3 nitrogen and oxygen atoms in total. The Morgan fingerprint density at radius 1 is 1.35 bits per heavy atom. The zero-order chi connectivity index (χ0) is 14.8. The highest BCUT2D eigenvalue weighted by Crippen LogP contribution is 2.38. The van der Waals surface area contributed by atoms with Crippen molar-refractivity contribution < 1.29 is 18.3 Å². The lowest BCUT2D eigenvalue weighted by Crippen LogP contribution is -2.51. The molecule has 0 radical (unpaired) electrons. The van der Waals surface area contributed by atoms with E-state index in [1.54, 1.807) is 0 Å². The lowest BCUT2D eigenvalue weighted by atomic mass is 9.97. The molecule has 0 amide bonds. The van der Waals surface area contributed by atoms with E-state index in [0.29, 0.717) is 26.2 Å². The van der Waals surface area contributed by atoms with Crippen molar-refractivity contribution in [2.45, 2.75) is 12.0 Å². The molecule has 1 fully saturated rings. The normalized spacial score (nSPS) is 19.1. The highest BCUT2D eigenvalue weighted by atomic mass is 35.5. The van der Waals surface area contributed by atoms with Gasteiger partial charge in [-0.25, -0.2) is 13.2 Å². The zero-order valence-corrected chi connectivity index (χ0v) is 11.5. The predicted molar refractivity (Wildman–Crippen MR) is 70.6 cm³/mol. The maximum Gasteiger partial charge on any atom is 0.290 e. The average molecular weight is 309 g/mol. The van der Waals surface area contributed by atoms with Crippen LogP contribution in [0, 0.1) is 5.82 Å². The van der Waals surface area contributed by atoms with Gasteiger partial charge in [-0.2, -0.15) is 0 Å². The fraction of sp³-hybridized carbons (Fsp3) is 0.538. The molecule has 0 saturated carbocycles. The first-order valence-corrected chi connectivity index (χ1v) is 6.72. The van der Waals surface area contributed by atoms with E-state index in [9.17, 15) is 13.2 Å². The van der Waals surface area contributed by atoms with E-state index < -0.39 is 24.4 Å². The Morgan fingerprint density at radius 2 is 2.00 bits per heavy atom. The van der Waals surface area contributed by atoms with Gasteiger partial charge in [-0.05, 0) is 6.07 Å². The van der Waals surface area contributed by atoms with Crippen molar-refractivity contribution >= 4 is 11.6 Å². The summed E-state index contributed by atoms with van der Waals surface area (Å²) in [5.74, 6) is -4.30. The number of hydrogen-bond donors (Lipinski definition) is 2. The number of nitrogens with one attached hydrogen (secondary N) is 1. The van der Waals surface area contributed by atoms with Gasteiger partial charge in [-0.3, -0.25) is 4.90 Å². The van der Waals surface area contributed by atoms with Gasteiger partial charge in [0, 0.05) is 31.7 Å². The molecule has 1 atom stereocenters. The van der Waals surface area contributed by atoms with Gasteiger partial charge in [0.2, 0.25) is 0 Å². The fourth-order valence-corrected chi connectivity index (χ4v) is 2.63. The van der Waals surface area contributed by atoms with Crippen molar-refractivity contribution in [2.24, 2.45) is 0 Å². The van der Waals surface area contributed by atoms with Crippen molar-refractivity contribution in [3.05, 3.63) is 34.6 Å². The number of alkyl halides is 2. The summed E-state index contributed by atoms with van der Waals surface area (Å²) in [7, 11) is 0. The van der Waals surface area contributed by atoms with Crippen LogP contribution in [0.15, 0.2) is 18.2 Å². The van der Waals surface area contributed by atoms with Crippen LogP contribution in [0.25, 0.3) is 0 Å². The van der Waals surface area contributed by atoms with E-state index in [0.717, 1.165) is 0 Å². The third-order valence-electron chi connectivity index (χ3n) is 3.40. The van der Waals surface area contributed by atoms with Gasteiger partial charge in [-0.15, -0.1) is 0 Å². The number of aliphatic hydroxyl groups excluding tert-OH is 1. The Morgan fingerprint density at radius 3 is 2.60 bits per heavy atom. The van der Waals surface area contributed by atoms with Gasteiger partial charge >= 0.3 is 0 Å². The molecule has 1 aliphatic heterocycles. The number of piperazine rings is 1. The molecule has 1 saturated heterocycles. The summed E-state index contributed by atoms with van der Waals surface area (Å²) < 4.78 is 42.2. The summed E-state index contributed by atoms with van der Waals surface area (Å²) in [5, 5.41) is 11.8. The molecule has 0 aliphatic carbocycles. The van der Waals surface area contributed by atoms with Crippen LogP contribution in [-0.4, -0.2) is 48.7 Å². The summed E-state index contributed by atoms with van der Waals surface area (Å²) >= 11 is 5.68. The predicted octanol–water partition coefficient (Wildman–Crippen LogP) is 2.05. The Kier molecular flexibility index (Phi) is 4.90. The average Bonchev–Trinajstić information content (AvgIpc) is 2.45. The van der Waals surface area contributed by atoms with Crippen LogP contribution in [0.3, 0.4) is 0 Å². The molecule has 0 spiro atoms. The van der Waals surface area contributed by atoms with Crippen LogP contribution in [0.2, 0.25) is 5.02 Å². The van der Waals surface area contributed by atoms with E-state index in [2.05, 4.69) is 5.32 Å². The SMILES string of the molecule is OCC(F)(F)[C@@H](c1cccc(Cl)c1F)N1CCNCC1. The summed E-state index contributed by atoms with van der Waals surface area (Å²) in [6.07, 6.45) is 0. The van der Waals surface area contributed by atoms with Crippen LogP contribution >= 0.6 is 11.6 Å². The molecule has 1 heterocycles. The molecule has 0 unspecified atom stereocenters. The van der Waals surface area contributed by atoms with Gasteiger partial charge < -0.3 is 10.4 Å². The van der Waals surface area contributed by atoms with E-state index >= 15 is 0 Å². The fourth-order valence-electron chi connectivity index (χ4n) is 2.45. The summed E-state index contributed by atoms with van der Waals surface area (Å²) in [6.45, 7) is 0.451. The number of aliphatic hydroxyl groups is 1. The van der Waals surface area contributed by atoms with E-state index in [1.807, 2.05) is 0 Å². The van der Waals surface area contributed by atoms with Gasteiger partial charge in [0.15, 0.2) is 0 Å². The first kappa shape index (κ1) is 15.6. The molecule has 112 valence electrons. The first-order chi connectivity index (χ1) is 9.47. The monoisotopic (exact) mass is 308 g/mol. The molecule has 0 aromatic heterocycles. The topological polar surface area (TPSA) is 35.5 Å². The van der Waals surface area contributed by atoms with Crippen molar-refractivity contribution in [3.8, 4) is 0 Å². The lowest BCUT2D eigenvalue weighted by Gasteiger charge is -2.38. The van der Waals surface area contributed by atoms with E-state index in [-0.39, 0.29) is 10.6 Å². The van der Waals surface area contributed by atoms with Crippen LogP contribution in [0.1, 0.15) is 11.6 Å². The maximum atomic E-state index is 14.1. The minimum atomic E-state index is -3.44. The van der Waals surface area contributed by atoms with Crippen molar-refractivity contribution in [1.82, 2.24) is 10.2 Å². The smallest absolute Gasteiger partial charge is 0.290 e. The van der Waals surface area contributed by atoms with Gasteiger partial charge in [0.25, 0.3) is 5.92 Å². The molecule has 2 rings (SSSR count). The van der Waals surface area contributed by atoms with Crippen molar-refractivity contribution in [1.29, 1.82) is 0 Å². The number of benzene rings is 1. The minimum absolute atomic E-state index is 0.182. The molecule has 20 heavy (non-hydrogen) atoms. The van der Waals surface area contributed by atoms with Gasteiger partial charge in [-0.1, -0.05) is 23.7 Å². The second-order valence-corrected chi connectivity index (χ2v) is 5.16. The third-order valence-corrected chi connectivity index (χ3v) is 3.70. The summed E-state index contributed by atoms with van der Waals surface area (Å²) in [4.78, 5) is 1.47. The van der Waals surface area contributed by atoms with E-state index in [4.69, 9.17) is 16.7 Å². The third kappa shape index (κ3) is 3.09. The second-order valence-electron chi connectivity index (χ2n) is 4.75. The Balaban J connectivity index is 2.42. The Labute approximate surface area is 120 Å². The Bertz CT molecular complexity index is 467. The van der Waals surface area contributed by atoms with Crippen LogP contribution < -0.4 is 5.32 Å². The standard InChI is InChI=1S/C13H16ClF3N2O/c14-10-3-1-2-9(11(10)15)12(13(16,17)8-20)19-6-4-18-5-7-19/h1-3,12,18,20H,4-8H2/t12-/m1/s1. The minimum Gasteiger partial charge on any atom is -0.390 e. The molecule has 0 bridgehead atoms. The number of rotatable bonds is 4. The molecule has 1 aliphatic rings. The number of nitrogens with zero attached hydrogens (tertiary/aromatic N) is 1. The second kappa shape index (κ2) is 6.30. The molecule has 1 aromatic carbocycles. The molecular weight excluding hydrogens is 293 g/mol. The first-order valence-electron chi connectivity index (χ1n) is 6.34. The zero-order valence-electron chi connectivity index (χ0n) is 10.8. The highest BCUT2D eigenvalue weighted by molar-refractivity contribution is 6.30. The quantitative estimate of drug-likeness (QED) is 0.894. The largest absolute Gasteiger partial charge is 0.390 e. The van der Waals surface area contributed by atoms with Crippen molar-refractivity contribution in [3.63, 3.8) is 0 Å². The lowest BCUT2D eigenvalue weighted by molar-refractivity contribution is -0.119. The van der Waals surface area contributed by atoms with Gasteiger partial charge in [0.1, 0.15) is 18.5 Å². The molecular formula is C13H16ClF3N2O. The van der Waals surface area contributed by atoms with Crippen LogP contribution in [-0.2, 0) is 0 Å². The summed E-state index contributed by atoms with van der Waals surface area (Å²) in [5.41, 5.74) is -0.182. The maximum absolute atomic E-state index is 14.1. The van der Waals surface area contributed by atoms with Crippen LogP contribution in [0.4, 0.5) is 13.2 Å². The highest BCUT2D eigenvalue weighted by Gasteiger charge is 2.45. The van der Waals surface area contributed by atoms with Crippen LogP contribution in [0.5, 0.6) is 0 Å². The van der Waals surface area contributed by atoms with E-state index in [1.165, 1.54) is 23.1 Å². The van der Waals surface area contributed by atoms with Crippen molar-refractivity contribution in [2.75, 3.05) is 32.8 Å². The molecule has 7 heteroatoms. The number of hydrogen-bond acceptors (Lipinski definition) is 3.